The van der Waals surface area contributed by atoms with Crippen LogP contribution in [0.2, 0.25) is 0 Å². The molecule has 0 radical (unpaired) electrons. The second-order valence-corrected chi connectivity index (χ2v) is 8.12. The fraction of sp³-hybridized carbons (Fsp3) is 0.188. The van der Waals surface area contributed by atoms with Crippen LogP contribution in [0, 0.1) is 10.5 Å². The number of carbonyl (C=O) groups is 1. The Balaban J connectivity index is 2.47. The molecular weight excluding hydrogens is 429 g/mol. The molecule has 0 amide bonds. The summed E-state index contributed by atoms with van der Waals surface area (Å²) in [5.74, 6) is -1.04. The van der Waals surface area contributed by atoms with E-state index in [-0.39, 0.29) is 17.9 Å². The molecule has 1 N–H and O–H groups in total. The van der Waals surface area contributed by atoms with Crippen LogP contribution in [0.3, 0.4) is 0 Å². The molecule has 23 heavy (non-hydrogen) atoms. The lowest BCUT2D eigenvalue weighted by atomic mass is 10.2. The Morgan fingerprint density at radius 1 is 1.17 bits per heavy atom. The third-order valence-electron chi connectivity index (χ3n) is 3.23. The van der Waals surface area contributed by atoms with E-state index in [0.717, 1.165) is 13.4 Å². The number of sulfonamides is 1. The first-order valence-corrected chi connectivity index (χ1v) is 9.39. The minimum atomic E-state index is -3.82. The van der Waals surface area contributed by atoms with Crippen molar-refractivity contribution in [1.82, 2.24) is 0 Å². The Labute approximate surface area is 149 Å². The summed E-state index contributed by atoms with van der Waals surface area (Å²) in [5, 5.41) is 8.91. The molecule has 2 aromatic rings. The summed E-state index contributed by atoms with van der Waals surface area (Å²) < 4.78 is 27.8. The maximum atomic E-state index is 12.9. The van der Waals surface area contributed by atoms with E-state index >= 15 is 0 Å². The van der Waals surface area contributed by atoms with Crippen molar-refractivity contribution in [2.45, 2.75) is 18.2 Å². The van der Waals surface area contributed by atoms with E-state index in [1.165, 1.54) is 12.1 Å². The largest absolute Gasteiger partial charge is 0.481 e. The number of nitrogens with zero attached hydrogens (tertiary/aromatic N) is 1. The Bertz CT molecular complexity index is 803. The van der Waals surface area contributed by atoms with Gasteiger partial charge in [0.25, 0.3) is 10.0 Å². The van der Waals surface area contributed by atoms with Crippen molar-refractivity contribution in [2.24, 2.45) is 0 Å². The minimum absolute atomic E-state index is 0.119. The molecule has 0 saturated carbocycles. The van der Waals surface area contributed by atoms with Gasteiger partial charge in [0.05, 0.1) is 17.0 Å². The van der Waals surface area contributed by atoms with Crippen LogP contribution in [-0.4, -0.2) is 26.0 Å². The summed E-state index contributed by atoms with van der Waals surface area (Å²) in [6.07, 6.45) is -0.267. The molecule has 2 aromatic carbocycles. The average Bonchev–Trinajstić information content (AvgIpc) is 2.47. The zero-order valence-corrected chi connectivity index (χ0v) is 15.4. The summed E-state index contributed by atoms with van der Waals surface area (Å²) in [7, 11) is -3.82. The number of halogens is 1. The lowest BCUT2D eigenvalue weighted by Crippen LogP contribution is -2.33. The van der Waals surface area contributed by atoms with E-state index in [0.29, 0.717) is 5.69 Å². The summed E-state index contributed by atoms with van der Waals surface area (Å²) in [5.41, 5.74) is 1.41. The second kappa shape index (κ2) is 7.31. The van der Waals surface area contributed by atoms with Gasteiger partial charge in [0.15, 0.2) is 0 Å². The Kier molecular flexibility index (Phi) is 5.64. The Morgan fingerprint density at radius 2 is 1.83 bits per heavy atom. The van der Waals surface area contributed by atoms with Crippen LogP contribution in [0.5, 0.6) is 0 Å². The third-order valence-corrected chi connectivity index (χ3v) is 5.75. The van der Waals surface area contributed by atoms with Gasteiger partial charge in [0.2, 0.25) is 0 Å². The van der Waals surface area contributed by atoms with Crippen LogP contribution >= 0.6 is 22.6 Å². The molecule has 0 aliphatic rings. The average molecular weight is 445 g/mol. The van der Waals surface area contributed by atoms with Crippen molar-refractivity contribution in [3.8, 4) is 0 Å². The highest BCUT2D eigenvalue weighted by Crippen LogP contribution is 2.25. The van der Waals surface area contributed by atoms with Gasteiger partial charge in [-0.25, -0.2) is 8.42 Å². The normalized spacial score (nSPS) is 11.2. The quantitative estimate of drug-likeness (QED) is 0.693. The van der Waals surface area contributed by atoms with Crippen LogP contribution in [-0.2, 0) is 14.8 Å². The van der Waals surface area contributed by atoms with Gasteiger partial charge in [-0.05, 0) is 59.8 Å². The number of carboxylic acid groups (broad SMARTS) is 1. The maximum Gasteiger partial charge on any atom is 0.305 e. The molecule has 0 saturated heterocycles. The van der Waals surface area contributed by atoms with Crippen molar-refractivity contribution in [3.63, 3.8) is 0 Å². The van der Waals surface area contributed by atoms with Gasteiger partial charge in [0, 0.05) is 10.1 Å². The topological polar surface area (TPSA) is 74.7 Å². The zero-order valence-electron chi connectivity index (χ0n) is 12.4. The van der Waals surface area contributed by atoms with Gasteiger partial charge in [-0.1, -0.05) is 23.8 Å². The molecule has 0 heterocycles. The number of aliphatic carboxylic acids is 1. The summed E-state index contributed by atoms with van der Waals surface area (Å²) in [6.45, 7) is 1.75. The number of benzene rings is 2. The summed E-state index contributed by atoms with van der Waals surface area (Å²) >= 11 is 2.09. The van der Waals surface area contributed by atoms with E-state index in [4.69, 9.17) is 5.11 Å². The molecule has 122 valence electrons. The van der Waals surface area contributed by atoms with Gasteiger partial charge in [-0.2, -0.15) is 0 Å². The van der Waals surface area contributed by atoms with E-state index in [9.17, 15) is 13.2 Å². The minimum Gasteiger partial charge on any atom is -0.481 e. The van der Waals surface area contributed by atoms with Crippen LogP contribution in [0.25, 0.3) is 0 Å². The fourth-order valence-corrected chi connectivity index (χ4v) is 4.04. The Hall–Kier alpha value is -1.61. The fourth-order valence-electron chi connectivity index (χ4n) is 2.05. The SMILES string of the molecule is Cc1ccc(S(=O)(=O)N(CCC(=O)O)c2cccc(I)c2)cc1. The highest BCUT2D eigenvalue weighted by Gasteiger charge is 2.25. The summed E-state index contributed by atoms with van der Waals surface area (Å²) in [6, 6.07) is 13.5. The van der Waals surface area contributed by atoms with Crippen molar-refractivity contribution in [2.75, 3.05) is 10.8 Å². The molecule has 0 atom stereocenters. The number of rotatable bonds is 6. The van der Waals surface area contributed by atoms with Gasteiger partial charge >= 0.3 is 5.97 Å². The molecule has 0 unspecified atom stereocenters. The van der Waals surface area contributed by atoms with Crippen LogP contribution in [0.4, 0.5) is 5.69 Å². The van der Waals surface area contributed by atoms with Crippen molar-refractivity contribution < 1.29 is 18.3 Å². The van der Waals surface area contributed by atoms with Gasteiger partial charge < -0.3 is 5.11 Å². The van der Waals surface area contributed by atoms with Crippen LogP contribution < -0.4 is 4.31 Å². The molecule has 0 aliphatic heterocycles. The molecule has 7 heteroatoms. The van der Waals surface area contributed by atoms with E-state index in [1.807, 2.05) is 13.0 Å². The molecule has 0 bridgehead atoms. The molecule has 2 rings (SSSR count). The molecule has 0 aromatic heterocycles. The van der Waals surface area contributed by atoms with E-state index in [2.05, 4.69) is 22.6 Å². The van der Waals surface area contributed by atoms with Crippen molar-refractivity contribution in [1.29, 1.82) is 0 Å². The van der Waals surface area contributed by atoms with Crippen LogP contribution in [0.15, 0.2) is 53.4 Å². The predicted octanol–water partition coefficient (Wildman–Crippen LogP) is 3.27. The molecule has 0 fully saturated rings. The first-order chi connectivity index (χ1) is 10.8. The first-order valence-electron chi connectivity index (χ1n) is 6.87. The second-order valence-electron chi connectivity index (χ2n) is 5.01. The zero-order chi connectivity index (χ0) is 17.0. The van der Waals surface area contributed by atoms with Gasteiger partial charge in [-0.15, -0.1) is 0 Å². The van der Waals surface area contributed by atoms with Gasteiger partial charge in [-0.3, -0.25) is 9.10 Å². The molecule has 0 aliphatic carbocycles. The standard InChI is InChI=1S/C16H16INO4S/c1-12-5-7-15(8-6-12)23(21,22)18(10-9-16(19)20)14-4-2-3-13(17)11-14/h2-8,11H,9-10H2,1H3,(H,19,20). The molecule has 5 nitrogen and oxygen atoms in total. The highest BCUT2D eigenvalue weighted by molar-refractivity contribution is 14.1. The van der Waals surface area contributed by atoms with E-state index < -0.39 is 16.0 Å². The van der Waals surface area contributed by atoms with E-state index in [1.54, 1.807) is 30.3 Å². The highest BCUT2D eigenvalue weighted by atomic mass is 127. The molecule has 0 spiro atoms. The van der Waals surface area contributed by atoms with Crippen LogP contribution in [0.1, 0.15) is 12.0 Å². The number of hydrogen-bond acceptors (Lipinski definition) is 3. The number of anilines is 1. The number of hydrogen-bond donors (Lipinski definition) is 1. The third kappa shape index (κ3) is 4.44. The number of carboxylic acids is 1. The predicted molar refractivity (Wildman–Crippen MR) is 97.1 cm³/mol. The van der Waals surface area contributed by atoms with Crippen molar-refractivity contribution >= 4 is 44.3 Å². The number of aryl methyl sites for hydroxylation is 1. The summed E-state index contributed by atoms with van der Waals surface area (Å²) in [4.78, 5) is 11.0. The first kappa shape index (κ1) is 17.7. The van der Waals surface area contributed by atoms with Crippen molar-refractivity contribution in [3.05, 3.63) is 57.7 Å². The Morgan fingerprint density at radius 3 is 2.39 bits per heavy atom. The molecular formula is C16H16INO4S. The maximum absolute atomic E-state index is 12.9. The smallest absolute Gasteiger partial charge is 0.305 e. The van der Waals surface area contributed by atoms with Gasteiger partial charge in [0.1, 0.15) is 0 Å². The lowest BCUT2D eigenvalue weighted by molar-refractivity contribution is -0.136. The lowest BCUT2D eigenvalue weighted by Gasteiger charge is -2.24. The monoisotopic (exact) mass is 445 g/mol.